The monoisotopic (exact) mass is 283 g/mol. The number of hydrazine groups is 1. The summed E-state index contributed by atoms with van der Waals surface area (Å²) in [6, 6.07) is 11.3. The van der Waals surface area contributed by atoms with Crippen LogP contribution in [0.15, 0.2) is 48.7 Å². The first-order valence-electron chi connectivity index (χ1n) is 6.52. The highest BCUT2D eigenvalue weighted by molar-refractivity contribution is 5.98. The van der Waals surface area contributed by atoms with Crippen molar-refractivity contribution >= 4 is 17.8 Å². The summed E-state index contributed by atoms with van der Waals surface area (Å²) in [5.74, 6) is 4.65. The smallest absolute Gasteiger partial charge is 0.257 e. The van der Waals surface area contributed by atoms with E-state index in [4.69, 9.17) is 5.84 Å². The molecule has 1 aromatic heterocycles. The van der Waals surface area contributed by atoms with Crippen LogP contribution in [0.25, 0.3) is 6.08 Å². The third kappa shape index (κ3) is 3.90. The molecule has 1 heterocycles. The summed E-state index contributed by atoms with van der Waals surface area (Å²) in [4.78, 5) is 23.3. The first-order valence-corrected chi connectivity index (χ1v) is 6.52. The minimum atomic E-state index is -0.395. The summed E-state index contributed by atoms with van der Waals surface area (Å²) in [7, 11) is 1.82. The van der Waals surface area contributed by atoms with Crippen LogP contribution in [0.1, 0.15) is 21.6 Å². The van der Waals surface area contributed by atoms with Gasteiger partial charge >= 0.3 is 0 Å². The molecule has 1 amide bonds. The van der Waals surface area contributed by atoms with Gasteiger partial charge in [-0.15, -0.1) is 0 Å². The van der Waals surface area contributed by atoms with Crippen molar-refractivity contribution in [3.63, 3.8) is 0 Å². The minimum absolute atomic E-state index is 0.0414. The maximum Gasteiger partial charge on any atom is 0.257 e. The molecule has 2 rings (SSSR count). The third-order valence-corrected chi connectivity index (χ3v) is 3.12. The molecule has 0 aliphatic carbocycles. The van der Waals surface area contributed by atoms with Crippen LogP contribution in [0.4, 0.5) is 0 Å². The second-order valence-electron chi connectivity index (χ2n) is 4.69. The summed E-state index contributed by atoms with van der Waals surface area (Å²) in [6.07, 6.45) is 5.05. The fourth-order valence-corrected chi connectivity index (χ4v) is 1.99. The average molecular weight is 283 g/mol. The number of nitrogens with two attached hydrogens (primary N) is 1. The van der Waals surface area contributed by atoms with E-state index in [9.17, 15) is 9.59 Å². The predicted molar refractivity (Wildman–Crippen MR) is 81.3 cm³/mol. The molecule has 0 radical (unpaired) electrons. The van der Waals surface area contributed by atoms with Crippen LogP contribution in [-0.4, -0.2) is 16.3 Å². The van der Waals surface area contributed by atoms with Crippen LogP contribution in [0.2, 0.25) is 0 Å². The molecule has 5 heteroatoms. The van der Waals surface area contributed by atoms with Gasteiger partial charge in [-0.3, -0.25) is 15.0 Å². The van der Waals surface area contributed by atoms with Crippen molar-refractivity contribution in [2.24, 2.45) is 12.9 Å². The Morgan fingerprint density at radius 1 is 1.29 bits per heavy atom. The molecular formula is C16H17N3O2. The molecule has 2 aromatic rings. The number of nitrogens with zero attached hydrogens (tertiary/aromatic N) is 1. The number of hydrogen-bond acceptors (Lipinski definition) is 3. The number of aromatic nitrogens is 1. The van der Waals surface area contributed by atoms with Crippen LogP contribution < -0.4 is 11.3 Å². The van der Waals surface area contributed by atoms with Crippen molar-refractivity contribution in [3.05, 3.63) is 65.5 Å². The van der Waals surface area contributed by atoms with E-state index in [-0.39, 0.29) is 5.78 Å². The average Bonchev–Trinajstić information content (AvgIpc) is 2.87. The Balaban J connectivity index is 2.12. The first kappa shape index (κ1) is 14.7. The second kappa shape index (κ2) is 6.67. The van der Waals surface area contributed by atoms with Gasteiger partial charge in [-0.25, -0.2) is 5.84 Å². The predicted octanol–water partition coefficient (Wildman–Crippen LogP) is 1.45. The Morgan fingerprint density at radius 3 is 2.67 bits per heavy atom. The number of Topliss-reactive ketones (excluding diaryl/α,β-unsaturated/α-hetero) is 1. The Labute approximate surface area is 123 Å². The summed E-state index contributed by atoms with van der Waals surface area (Å²) >= 11 is 0. The van der Waals surface area contributed by atoms with Gasteiger partial charge in [0.15, 0.2) is 5.78 Å². The number of benzene rings is 1. The van der Waals surface area contributed by atoms with Crippen LogP contribution in [0.5, 0.6) is 0 Å². The standard InChI is InChI=1S/C16H17N3O2/c1-19-11-13(10-14(19)7-8-16(21)18-17)15(20)9-12-5-3-2-4-6-12/h2-8,10-11H,9,17H2,1H3,(H,18,21)/b8-7+. The van der Waals surface area contributed by atoms with Gasteiger partial charge in [0.05, 0.1) is 0 Å². The number of amides is 1. The molecule has 3 N–H and O–H groups in total. The molecule has 0 fully saturated rings. The number of rotatable bonds is 5. The summed E-state index contributed by atoms with van der Waals surface area (Å²) in [5.41, 5.74) is 4.37. The Morgan fingerprint density at radius 2 is 2.00 bits per heavy atom. The van der Waals surface area contributed by atoms with Crippen molar-refractivity contribution in [3.8, 4) is 0 Å². The normalized spacial score (nSPS) is 10.8. The van der Waals surface area contributed by atoms with Gasteiger partial charge in [0.1, 0.15) is 0 Å². The van der Waals surface area contributed by atoms with E-state index >= 15 is 0 Å². The molecule has 0 unspecified atom stereocenters. The molecule has 0 bridgehead atoms. The van der Waals surface area contributed by atoms with E-state index in [1.807, 2.05) is 42.8 Å². The number of carbonyl (C=O) groups is 2. The molecule has 0 saturated carbocycles. The lowest BCUT2D eigenvalue weighted by Gasteiger charge is -1.98. The van der Waals surface area contributed by atoms with Gasteiger partial charge < -0.3 is 4.57 Å². The zero-order chi connectivity index (χ0) is 15.2. The van der Waals surface area contributed by atoms with Crippen LogP contribution in [0, 0.1) is 0 Å². The maximum atomic E-state index is 12.2. The summed E-state index contributed by atoms with van der Waals surface area (Å²) in [6.45, 7) is 0. The minimum Gasteiger partial charge on any atom is -0.350 e. The number of nitrogens with one attached hydrogen (secondary N) is 1. The van der Waals surface area contributed by atoms with E-state index in [0.717, 1.165) is 11.3 Å². The van der Waals surface area contributed by atoms with Crippen molar-refractivity contribution < 1.29 is 9.59 Å². The zero-order valence-corrected chi connectivity index (χ0v) is 11.7. The SMILES string of the molecule is Cn1cc(C(=O)Cc2ccccc2)cc1/C=C/C(=O)NN. The molecule has 1 aromatic carbocycles. The first-order chi connectivity index (χ1) is 10.1. The van der Waals surface area contributed by atoms with E-state index < -0.39 is 5.91 Å². The highest BCUT2D eigenvalue weighted by Gasteiger charge is 2.10. The molecule has 0 saturated heterocycles. The van der Waals surface area contributed by atoms with Crippen molar-refractivity contribution in [2.75, 3.05) is 0 Å². The van der Waals surface area contributed by atoms with Gasteiger partial charge in [-0.05, 0) is 17.7 Å². The maximum absolute atomic E-state index is 12.2. The molecule has 5 nitrogen and oxygen atoms in total. The Hall–Kier alpha value is -2.66. The van der Waals surface area contributed by atoms with Crippen LogP contribution in [0.3, 0.4) is 0 Å². The highest BCUT2D eigenvalue weighted by Crippen LogP contribution is 2.12. The number of hydrogen-bond donors (Lipinski definition) is 2. The Bertz CT molecular complexity index is 672. The molecule has 0 atom stereocenters. The lowest BCUT2D eigenvalue weighted by atomic mass is 10.1. The summed E-state index contributed by atoms with van der Waals surface area (Å²) < 4.78 is 1.79. The lowest BCUT2D eigenvalue weighted by Crippen LogP contribution is -2.27. The number of ketones is 1. The van der Waals surface area contributed by atoms with Gasteiger partial charge in [0.25, 0.3) is 5.91 Å². The van der Waals surface area contributed by atoms with Crippen LogP contribution in [-0.2, 0) is 18.3 Å². The summed E-state index contributed by atoms with van der Waals surface area (Å²) in [5, 5.41) is 0. The zero-order valence-electron chi connectivity index (χ0n) is 11.7. The second-order valence-corrected chi connectivity index (χ2v) is 4.69. The Kier molecular flexibility index (Phi) is 4.68. The number of aryl methyl sites for hydroxylation is 1. The number of carbonyl (C=O) groups excluding carboxylic acids is 2. The lowest BCUT2D eigenvalue weighted by molar-refractivity contribution is -0.116. The van der Waals surface area contributed by atoms with E-state index in [1.165, 1.54) is 6.08 Å². The van der Waals surface area contributed by atoms with E-state index in [0.29, 0.717) is 12.0 Å². The molecular weight excluding hydrogens is 266 g/mol. The molecule has 0 aliphatic heterocycles. The van der Waals surface area contributed by atoms with Crippen LogP contribution >= 0.6 is 0 Å². The van der Waals surface area contributed by atoms with Gasteiger partial charge in [-0.1, -0.05) is 30.3 Å². The molecule has 0 spiro atoms. The fraction of sp³-hybridized carbons (Fsp3) is 0.125. The highest BCUT2D eigenvalue weighted by atomic mass is 16.2. The van der Waals surface area contributed by atoms with E-state index in [1.54, 1.807) is 22.9 Å². The van der Waals surface area contributed by atoms with E-state index in [2.05, 4.69) is 0 Å². The quantitative estimate of drug-likeness (QED) is 0.287. The van der Waals surface area contributed by atoms with Crippen molar-refractivity contribution in [1.29, 1.82) is 0 Å². The topological polar surface area (TPSA) is 77.1 Å². The largest absolute Gasteiger partial charge is 0.350 e. The molecule has 108 valence electrons. The van der Waals surface area contributed by atoms with Gasteiger partial charge in [0.2, 0.25) is 0 Å². The molecule has 0 aliphatic rings. The third-order valence-electron chi connectivity index (χ3n) is 3.12. The fourth-order valence-electron chi connectivity index (χ4n) is 1.99. The van der Waals surface area contributed by atoms with Gasteiger partial charge in [0, 0.05) is 37.0 Å². The van der Waals surface area contributed by atoms with Crippen molar-refractivity contribution in [1.82, 2.24) is 9.99 Å². The van der Waals surface area contributed by atoms with Gasteiger partial charge in [-0.2, -0.15) is 0 Å². The van der Waals surface area contributed by atoms with Crippen molar-refractivity contribution in [2.45, 2.75) is 6.42 Å². The molecule has 21 heavy (non-hydrogen) atoms.